The van der Waals surface area contributed by atoms with Gasteiger partial charge in [-0.25, -0.2) is 13.9 Å². The number of aromatic nitrogens is 2. The van der Waals surface area contributed by atoms with Gasteiger partial charge in [0.2, 0.25) is 6.33 Å². The lowest BCUT2D eigenvalue weighted by molar-refractivity contribution is -0.662. The van der Waals surface area contributed by atoms with Gasteiger partial charge in [0.1, 0.15) is 18.9 Å². The number of aryl methyl sites for hydroxylation is 1. The van der Waals surface area contributed by atoms with Crippen LogP contribution in [0.25, 0.3) is 22.2 Å². The summed E-state index contributed by atoms with van der Waals surface area (Å²) < 4.78 is 15.0. The molecule has 0 saturated carbocycles. The number of rotatable bonds is 4. The molecule has 0 amide bonds. The summed E-state index contributed by atoms with van der Waals surface area (Å²) in [6, 6.07) is 20.2. The molecule has 0 N–H and O–H groups in total. The molecular weight excluding hydrogens is 364 g/mol. The Bertz CT molecular complexity index is 1220. The van der Waals surface area contributed by atoms with Crippen LogP contribution in [0.15, 0.2) is 67.0 Å². The molecule has 3 aromatic carbocycles. The molecule has 5 heteroatoms. The van der Waals surface area contributed by atoms with Crippen molar-refractivity contribution in [1.82, 2.24) is 4.57 Å². The number of carbonyl (C=O) groups is 1. The fraction of sp³-hybridized carbons (Fsp3) is 0.167. The minimum absolute atomic E-state index is 0.261. The van der Waals surface area contributed by atoms with Gasteiger partial charge in [0, 0.05) is 11.1 Å². The Morgan fingerprint density at radius 3 is 2.55 bits per heavy atom. The average Bonchev–Trinajstić information content (AvgIpc) is 3.27. The van der Waals surface area contributed by atoms with Crippen molar-refractivity contribution in [1.29, 1.82) is 0 Å². The molecule has 0 bridgehead atoms. The molecule has 0 saturated heterocycles. The second-order valence-electron chi connectivity index (χ2n) is 7.30. The lowest BCUT2D eigenvalue weighted by atomic mass is 9.94. The number of imidazole rings is 1. The highest BCUT2D eigenvalue weighted by Crippen LogP contribution is 2.37. The maximum absolute atomic E-state index is 12.6. The molecule has 29 heavy (non-hydrogen) atoms. The molecule has 5 nitrogen and oxygen atoms in total. The minimum atomic E-state index is -0.261. The van der Waals surface area contributed by atoms with E-state index in [0.29, 0.717) is 12.2 Å². The number of ether oxygens (including phenoxy) is 2. The van der Waals surface area contributed by atoms with Gasteiger partial charge in [-0.2, -0.15) is 0 Å². The highest BCUT2D eigenvalue weighted by molar-refractivity contribution is 6.08. The number of carbonyl (C=O) groups excluding carboxylic acids is 1. The Balaban J connectivity index is 1.80. The zero-order chi connectivity index (χ0) is 20.0. The summed E-state index contributed by atoms with van der Waals surface area (Å²) in [6.45, 7) is 1.03. The van der Waals surface area contributed by atoms with Gasteiger partial charge in [0.15, 0.2) is 11.0 Å². The predicted molar refractivity (Wildman–Crippen MR) is 110 cm³/mol. The van der Waals surface area contributed by atoms with Gasteiger partial charge in [0.05, 0.1) is 19.7 Å². The number of hydrogen-bond acceptors (Lipinski definition) is 3. The number of nitrogens with zero attached hydrogens (tertiary/aromatic N) is 2. The SMILES string of the molecule is COc1ccc(-c2c3c(cc4c2[n+](Cc2ccccc2)cn4C)COC3=O)cc1. The van der Waals surface area contributed by atoms with Crippen LogP contribution in [-0.4, -0.2) is 17.6 Å². The van der Waals surface area contributed by atoms with Crippen LogP contribution in [0, 0.1) is 0 Å². The van der Waals surface area contributed by atoms with Gasteiger partial charge < -0.3 is 9.47 Å². The van der Waals surface area contributed by atoms with Crippen molar-refractivity contribution < 1.29 is 18.8 Å². The Labute approximate surface area is 168 Å². The smallest absolute Gasteiger partial charge is 0.339 e. The molecular formula is C24H21N2O3+. The summed E-state index contributed by atoms with van der Waals surface area (Å²) in [5, 5.41) is 0. The normalized spacial score (nSPS) is 12.8. The van der Waals surface area contributed by atoms with E-state index >= 15 is 0 Å². The number of hydrogen-bond donors (Lipinski definition) is 0. The summed E-state index contributed by atoms with van der Waals surface area (Å²) in [6.07, 6.45) is 2.09. The third-order valence-electron chi connectivity index (χ3n) is 5.48. The second-order valence-corrected chi connectivity index (χ2v) is 7.30. The third kappa shape index (κ3) is 2.86. The number of fused-ring (bicyclic) bond motifs is 2. The minimum Gasteiger partial charge on any atom is -0.497 e. The van der Waals surface area contributed by atoms with Crippen LogP contribution < -0.4 is 9.30 Å². The molecule has 144 valence electrons. The Kier molecular flexibility index (Phi) is 4.09. The molecule has 4 aromatic rings. The Hall–Kier alpha value is -3.60. The molecule has 0 unspecified atom stereocenters. The Morgan fingerprint density at radius 1 is 1.07 bits per heavy atom. The first-order valence-corrected chi connectivity index (χ1v) is 9.55. The first-order chi connectivity index (χ1) is 14.2. The fourth-order valence-corrected chi connectivity index (χ4v) is 4.10. The van der Waals surface area contributed by atoms with E-state index in [9.17, 15) is 4.79 Å². The van der Waals surface area contributed by atoms with E-state index < -0.39 is 0 Å². The lowest BCUT2D eigenvalue weighted by Gasteiger charge is -2.09. The molecule has 0 spiro atoms. The van der Waals surface area contributed by atoms with Crippen LogP contribution in [0.2, 0.25) is 0 Å². The number of esters is 1. The van der Waals surface area contributed by atoms with Gasteiger partial charge in [-0.05, 0) is 29.3 Å². The summed E-state index contributed by atoms with van der Waals surface area (Å²) >= 11 is 0. The van der Waals surface area contributed by atoms with Crippen molar-refractivity contribution in [3.05, 3.63) is 83.7 Å². The van der Waals surface area contributed by atoms with E-state index in [0.717, 1.165) is 40.0 Å². The molecule has 0 radical (unpaired) electrons. The zero-order valence-electron chi connectivity index (χ0n) is 16.4. The molecule has 0 aliphatic carbocycles. The first kappa shape index (κ1) is 17.5. The maximum atomic E-state index is 12.6. The van der Waals surface area contributed by atoms with Crippen molar-refractivity contribution >= 4 is 17.0 Å². The van der Waals surface area contributed by atoms with Crippen LogP contribution in [-0.2, 0) is 24.9 Å². The van der Waals surface area contributed by atoms with E-state index in [2.05, 4.69) is 33.7 Å². The summed E-state index contributed by atoms with van der Waals surface area (Å²) in [5.41, 5.74) is 6.78. The standard InChI is InChI=1S/C24H21N2O3/c1-25-15-26(13-16-6-4-3-5-7-16)23-20(25)12-18-14-29-24(27)22(18)21(23)17-8-10-19(28-2)11-9-17/h3-12,15H,13-14H2,1-2H3/q+1. The summed E-state index contributed by atoms with van der Waals surface area (Å²) in [5.74, 6) is 0.521. The van der Waals surface area contributed by atoms with Gasteiger partial charge >= 0.3 is 5.97 Å². The van der Waals surface area contributed by atoms with E-state index in [4.69, 9.17) is 9.47 Å². The topological polar surface area (TPSA) is 44.3 Å². The van der Waals surface area contributed by atoms with Crippen molar-refractivity contribution in [3.8, 4) is 16.9 Å². The highest BCUT2D eigenvalue weighted by atomic mass is 16.5. The van der Waals surface area contributed by atoms with E-state index in [1.165, 1.54) is 5.56 Å². The third-order valence-corrected chi connectivity index (χ3v) is 5.48. The maximum Gasteiger partial charge on any atom is 0.339 e. The predicted octanol–water partition coefficient (Wildman–Crippen LogP) is 3.86. The van der Waals surface area contributed by atoms with Crippen molar-refractivity contribution in [2.75, 3.05) is 7.11 Å². The molecule has 1 aromatic heterocycles. The first-order valence-electron chi connectivity index (χ1n) is 9.55. The zero-order valence-corrected chi connectivity index (χ0v) is 16.4. The van der Waals surface area contributed by atoms with Crippen LogP contribution in [0.1, 0.15) is 21.5 Å². The van der Waals surface area contributed by atoms with Crippen molar-refractivity contribution in [2.24, 2.45) is 7.05 Å². The number of methoxy groups -OCH3 is 1. The molecule has 1 aliphatic rings. The molecule has 0 atom stereocenters. The van der Waals surface area contributed by atoms with Gasteiger partial charge in [-0.3, -0.25) is 0 Å². The molecule has 2 heterocycles. The number of benzene rings is 3. The average molecular weight is 385 g/mol. The summed E-state index contributed by atoms with van der Waals surface area (Å²) in [4.78, 5) is 12.6. The van der Waals surface area contributed by atoms with Crippen LogP contribution in [0.3, 0.4) is 0 Å². The van der Waals surface area contributed by atoms with Crippen LogP contribution in [0.5, 0.6) is 5.75 Å². The quantitative estimate of drug-likeness (QED) is 0.396. The van der Waals surface area contributed by atoms with Gasteiger partial charge in [0.25, 0.3) is 0 Å². The van der Waals surface area contributed by atoms with Gasteiger partial charge in [-0.15, -0.1) is 0 Å². The second kappa shape index (κ2) is 6.78. The molecule has 1 aliphatic heterocycles. The highest BCUT2D eigenvalue weighted by Gasteiger charge is 2.32. The number of cyclic esters (lactones) is 1. The molecule has 0 fully saturated rings. The van der Waals surface area contributed by atoms with Crippen LogP contribution in [0.4, 0.5) is 0 Å². The van der Waals surface area contributed by atoms with Gasteiger partial charge in [-0.1, -0.05) is 42.5 Å². The van der Waals surface area contributed by atoms with E-state index in [1.54, 1.807) is 7.11 Å². The van der Waals surface area contributed by atoms with Crippen molar-refractivity contribution in [3.63, 3.8) is 0 Å². The van der Waals surface area contributed by atoms with E-state index in [-0.39, 0.29) is 5.97 Å². The Morgan fingerprint density at radius 2 is 1.83 bits per heavy atom. The summed E-state index contributed by atoms with van der Waals surface area (Å²) in [7, 11) is 3.68. The largest absolute Gasteiger partial charge is 0.497 e. The van der Waals surface area contributed by atoms with Crippen LogP contribution >= 0.6 is 0 Å². The lowest BCUT2D eigenvalue weighted by Crippen LogP contribution is -2.33. The fourth-order valence-electron chi connectivity index (χ4n) is 4.10. The van der Waals surface area contributed by atoms with E-state index in [1.807, 2.05) is 49.5 Å². The monoisotopic (exact) mass is 385 g/mol. The molecule has 5 rings (SSSR count). The van der Waals surface area contributed by atoms with Crippen molar-refractivity contribution in [2.45, 2.75) is 13.2 Å².